The number of allylic oxidation sites excluding steroid dienone is 1. The lowest BCUT2D eigenvalue weighted by Gasteiger charge is -2.28. The van der Waals surface area contributed by atoms with Gasteiger partial charge in [0, 0.05) is 0 Å². The first kappa shape index (κ1) is 16.8. The molecule has 0 radical (unpaired) electrons. The Morgan fingerprint density at radius 1 is 1.16 bits per heavy atom. The molecule has 1 aliphatic heterocycles. The molecule has 25 heavy (non-hydrogen) atoms. The van der Waals surface area contributed by atoms with Gasteiger partial charge in [0.1, 0.15) is 22.8 Å². The van der Waals surface area contributed by atoms with E-state index in [9.17, 15) is 9.90 Å². The number of fused-ring (bicyclic) bond motifs is 1. The number of aromatic hydroxyl groups is 1. The van der Waals surface area contributed by atoms with Crippen LogP contribution in [0.2, 0.25) is 0 Å². The summed E-state index contributed by atoms with van der Waals surface area (Å²) in [7, 11) is 1.60. The van der Waals surface area contributed by atoms with Gasteiger partial charge in [-0.25, -0.2) is 0 Å². The Morgan fingerprint density at radius 3 is 2.56 bits per heavy atom. The summed E-state index contributed by atoms with van der Waals surface area (Å²) in [5.74, 6) is 0.995. The number of ether oxygens (including phenoxy) is 2. The summed E-state index contributed by atoms with van der Waals surface area (Å²) >= 11 is 0. The van der Waals surface area contributed by atoms with E-state index < -0.39 is 5.60 Å². The zero-order valence-corrected chi connectivity index (χ0v) is 14.4. The molecule has 0 saturated heterocycles. The van der Waals surface area contributed by atoms with Gasteiger partial charge in [-0.2, -0.15) is 0 Å². The average molecular weight is 336 g/mol. The lowest BCUT2D eigenvalue weighted by atomic mass is 9.98. The molecule has 1 aliphatic rings. The van der Waals surface area contributed by atoms with E-state index in [1.54, 1.807) is 31.4 Å². The van der Waals surface area contributed by atoms with Crippen LogP contribution < -0.4 is 9.47 Å². The van der Waals surface area contributed by atoms with Crippen LogP contribution in [0, 0.1) is 0 Å². The molecule has 0 aromatic heterocycles. The zero-order chi connectivity index (χ0) is 18.0. The first-order valence-corrected chi connectivity index (χ1v) is 8.00. The van der Waals surface area contributed by atoms with Gasteiger partial charge in [0.05, 0.1) is 18.2 Å². The minimum absolute atomic E-state index is 0.0615. The highest BCUT2D eigenvalue weighted by Gasteiger charge is 2.25. The van der Waals surface area contributed by atoms with E-state index >= 15 is 0 Å². The van der Waals surface area contributed by atoms with E-state index in [0.717, 1.165) is 11.3 Å². The molecule has 0 aliphatic carbocycles. The van der Waals surface area contributed by atoms with Gasteiger partial charge in [-0.15, -0.1) is 0 Å². The van der Waals surface area contributed by atoms with Crippen molar-refractivity contribution in [3.63, 3.8) is 0 Å². The second-order valence-corrected chi connectivity index (χ2v) is 6.38. The van der Waals surface area contributed by atoms with E-state index in [2.05, 4.69) is 0 Å². The Morgan fingerprint density at radius 2 is 1.88 bits per heavy atom. The number of rotatable bonds is 4. The summed E-state index contributed by atoms with van der Waals surface area (Å²) in [6.45, 7) is 3.86. The summed E-state index contributed by atoms with van der Waals surface area (Å²) in [6, 6.07) is 10.7. The van der Waals surface area contributed by atoms with Crippen molar-refractivity contribution in [3.05, 3.63) is 65.2 Å². The first-order chi connectivity index (χ1) is 11.9. The number of hydrogen-bond acceptors (Lipinski definition) is 4. The Labute approximate surface area is 147 Å². The van der Waals surface area contributed by atoms with Gasteiger partial charge in [-0.3, -0.25) is 4.79 Å². The molecule has 0 fully saturated rings. The van der Waals surface area contributed by atoms with Crippen LogP contribution in [0.3, 0.4) is 0 Å². The van der Waals surface area contributed by atoms with E-state index in [1.807, 2.05) is 44.2 Å². The number of benzene rings is 2. The molecule has 128 valence electrons. The SMILES string of the molecule is COc1ccc(/C=C/C(=O)c2ccc3c(c2O)C=CC(C)(C)O3)cc1. The fourth-order valence-corrected chi connectivity index (χ4v) is 2.62. The summed E-state index contributed by atoms with van der Waals surface area (Å²) < 4.78 is 10.9. The third kappa shape index (κ3) is 3.58. The highest BCUT2D eigenvalue weighted by atomic mass is 16.5. The van der Waals surface area contributed by atoms with Crippen LogP contribution in [0.25, 0.3) is 12.2 Å². The second kappa shape index (κ2) is 6.48. The lowest BCUT2D eigenvalue weighted by molar-refractivity contribution is 0.104. The predicted octanol–water partition coefficient (Wildman–Crippen LogP) is 4.48. The lowest BCUT2D eigenvalue weighted by Crippen LogP contribution is -2.27. The minimum atomic E-state index is -0.431. The maximum absolute atomic E-state index is 12.4. The number of ketones is 1. The monoisotopic (exact) mass is 336 g/mol. The van der Waals surface area contributed by atoms with Crippen LogP contribution >= 0.6 is 0 Å². The van der Waals surface area contributed by atoms with Crippen molar-refractivity contribution in [2.75, 3.05) is 7.11 Å². The van der Waals surface area contributed by atoms with Crippen molar-refractivity contribution in [1.82, 2.24) is 0 Å². The van der Waals surface area contributed by atoms with Gasteiger partial charge in [0.25, 0.3) is 0 Å². The van der Waals surface area contributed by atoms with Crippen molar-refractivity contribution in [2.45, 2.75) is 19.4 Å². The quantitative estimate of drug-likeness (QED) is 0.660. The number of methoxy groups -OCH3 is 1. The Kier molecular flexibility index (Phi) is 4.36. The predicted molar refractivity (Wildman–Crippen MR) is 98.2 cm³/mol. The van der Waals surface area contributed by atoms with Crippen molar-refractivity contribution >= 4 is 17.9 Å². The van der Waals surface area contributed by atoms with Gasteiger partial charge in [0.2, 0.25) is 0 Å². The van der Waals surface area contributed by atoms with Crippen LogP contribution in [0.1, 0.15) is 35.3 Å². The fourth-order valence-electron chi connectivity index (χ4n) is 2.62. The van der Waals surface area contributed by atoms with E-state index in [0.29, 0.717) is 11.3 Å². The highest BCUT2D eigenvalue weighted by molar-refractivity contribution is 6.09. The molecule has 3 rings (SSSR count). The Bertz CT molecular complexity index is 858. The topological polar surface area (TPSA) is 55.8 Å². The third-order valence-electron chi connectivity index (χ3n) is 4.01. The van der Waals surface area contributed by atoms with Crippen LogP contribution in [0.5, 0.6) is 17.2 Å². The van der Waals surface area contributed by atoms with Gasteiger partial charge in [0.15, 0.2) is 5.78 Å². The largest absolute Gasteiger partial charge is 0.506 e. The van der Waals surface area contributed by atoms with Crippen LogP contribution in [-0.2, 0) is 0 Å². The molecule has 0 atom stereocenters. The van der Waals surface area contributed by atoms with Crippen LogP contribution in [0.15, 0.2) is 48.6 Å². The van der Waals surface area contributed by atoms with Gasteiger partial charge >= 0.3 is 0 Å². The normalized spacial score (nSPS) is 14.8. The molecule has 0 unspecified atom stereocenters. The number of carbonyl (C=O) groups is 1. The summed E-state index contributed by atoms with van der Waals surface area (Å²) in [6.07, 6.45) is 6.80. The maximum atomic E-state index is 12.4. The number of phenolic OH excluding ortho intramolecular Hbond substituents is 1. The van der Waals surface area contributed by atoms with Crippen molar-refractivity contribution in [2.24, 2.45) is 0 Å². The van der Waals surface area contributed by atoms with E-state index in [1.165, 1.54) is 6.08 Å². The molecule has 0 spiro atoms. The molecule has 2 aromatic carbocycles. The fraction of sp³-hybridized carbons (Fsp3) is 0.190. The van der Waals surface area contributed by atoms with Gasteiger partial charge in [-0.05, 0) is 61.9 Å². The minimum Gasteiger partial charge on any atom is -0.506 e. The summed E-state index contributed by atoms with van der Waals surface area (Å²) in [4.78, 5) is 12.4. The second-order valence-electron chi connectivity index (χ2n) is 6.38. The summed E-state index contributed by atoms with van der Waals surface area (Å²) in [5, 5.41) is 10.4. The third-order valence-corrected chi connectivity index (χ3v) is 4.01. The maximum Gasteiger partial charge on any atom is 0.189 e. The van der Waals surface area contributed by atoms with Crippen LogP contribution in [-0.4, -0.2) is 23.6 Å². The molecular weight excluding hydrogens is 316 g/mol. The smallest absolute Gasteiger partial charge is 0.189 e. The van der Waals surface area contributed by atoms with E-state index in [4.69, 9.17) is 9.47 Å². The molecule has 0 amide bonds. The number of phenols is 1. The average Bonchev–Trinajstić information content (AvgIpc) is 2.59. The van der Waals surface area contributed by atoms with Crippen molar-refractivity contribution in [1.29, 1.82) is 0 Å². The van der Waals surface area contributed by atoms with Gasteiger partial charge < -0.3 is 14.6 Å². The molecule has 0 bridgehead atoms. The van der Waals surface area contributed by atoms with Crippen molar-refractivity contribution < 1.29 is 19.4 Å². The Balaban J connectivity index is 1.84. The molecule has 2 aromatic rings. The van der Waals surface area contributed by atoms with Gasteiger partial charge in [-0.1, -0.05) is 18.2 Å². The number of hydrogen-bond donors (Lipinski definition) is 1. The van der Waals surface area contributed by atoms with Crippen LogP contribution in [0.4, 0.5) is 0 Å². The standard InChI is InChI=1S/C21H20O4/c1-21(2)13-12-17-19(25-21)11-9-16(20(17)23)18(22)10-6-14-4-7-15(24-3)8-5-14/h4-13,23H,1-3H3/b10-6+. The Hall–Kier alpha value is -3.01. The molecule has 0 saturated carbocycles. The molecule has 4 nitrogen and oxygen atoms in total. The molecular formula is C21H20O4. The van der Waals surface area contributed by atoms with Crippen molar-refractivity contribution in [3.8, 4) is 17.2 Å². The highest BCUT2D eigenvalue weighted by Crippen LogP contribution is 2.38. The molecule has 1 heterocycles. The molecule has 1 N–H and O–H groups in total. The van der Waals surface area contributed by atoms with E-state index in [-0.39, 0.29) is 17.1 Å². The number of carbonyl (C=O) groups excluding carboxylic acids is 1. The summed E-state index contributed by atoms with van der Waals surface area (Å²) in [5.41, 5.74) is 1.22. The molecule has 4 heteroatoms. The zero-order valence-electron chi connectivity index (χ0n) is 14.4. The first-order valence-electron chi connectivity index (χ1n) is 8.00.